The third-order valence-electron chi connectivity index (χ3n) is 5.15. The smallest absolute Gasteiger partial charge is 0.322 e. The molecule has 7 heteroatoms. The van der Waals surface area contributed by atoms with Gasteiger partial charge in [0.15, 0.2) is 11.5 Å². The van der Waals surface area contributed by atoms with Crippen LogP contribution in [-0.4, -0.2) is 44.8 Å². The summed E-state index contributed by atoms with van der Waals surface area (Å²) in [4.78, 5) is 26.8. The van der Waals surface area contributed by atoms with Gasteiger partial charge in [-0.1, -0.05) is 17.7 Å². The quantitative estimate of drug-likeness (QED) is 0.777. The maximum absolute atomic E-state index is 13.0. The van der Waals surface area contributed by atoms with Crippen molar-refractivity contribution in [3.8, 4) is 11.5 Å². The molecule has 0 saturated heterocycles. The summed E-state index contributed by atoms with van der Waals surface area (Å²) in [6, 6.07) is 10.6. The molecule has 0 bridgehead atoms. The van der Waals surface area contributed by atoms with Gasteiger partial charge >= 0.3 is 12.0 Å². The van der Waals surface area contributed by atoms with Crippen LogP contribution in [0.2, 0.25) is 0 Å². The van der Waals surface area contributed by atoms with Gasteiger partial charge in [0.05, 0.1) is 33.8 Å². The topological polar surface area (TPSA) is 77.1 Å². The Morgan fingerprint density at radius 3 is 2.34 bits per heavy atom. The number of benzene rings is 2. The standard InChI is InChI=1S/C22H26N2O5/c1-14-5-7-16(8-6-14)23-22(26)24-10-9-15-11-19(27-2)20(28-3)12-17(15)18(24)13-21(25)29-4/h5-8,11-12,18H,9-10,13H2,1-4H3,(H,23,26)/t18-/m1/s1. The molecule has 1 heterocycles. The zero-order chi connectivity index (χ0) is 21.0. The normalized spacial score (nSPS) is 15.3. The van der Waals surface area contributed by atoms with E-state index in [0.29, 0.717) is 30.2 Å². The van der Waals surface area contributed by atoms with Crippen LogP contribution in [0.4, 0.5) is 10.5 Å². The summed E-state index contributed by atoms with van der Waals surface area (Å²) in [5, 5.41) is 2.92. The number of nitrogens with one attached hydrogen (secondary N) is 1. The largest absolute Gasteiger partial charge is 0.493 e. The second-order valence-electron chi connectivity index (χ2n) is 6.94. The minimum Gasteiger partial charge on any atom is -0.493 e. The monoisotopic (exact) mass is 398 g/mol. The first-order valence-corrected chi connectivity index (χ1v) is 9.42. The second kappa shape index (κ2) is 8.86. The first-order chi connectivity index (χ1) is 14.0. The van der Waals surface area contributed by atoms with Crippen LogP contribution in [-0.2, 0) is 16.0 Å². The maximum Gasteiger partial charge on any atom is 0.322 e. The molecule has 0 saturated carbocycles. The molecule has 0 fully saturated rings. The molecule has 0 unspecified atom stereocenters. The summed E-state index contributed by atoms with van der Waals surface area (Å²) in [5.74, 6) is 0.799. The Labute approximate surface area is 170 Å². The number of carbonyl (C=O) groups excluding carboxylic acids is 2. The number of methoxy groups -OCH3 is 3. The van der Waals surface area contributed by atoms with E-state index in [4.69, 9.17) is 14.2 Å². The molecule has 1 N–H and O–H groups in total. The van der Waals surface area contributed by atoms with Crippen molar-refractivity contribution < 1.29 is 23.8 Å². The van der Waals surface area contributed by atoms with Gasteiger partial charge in [-0.05, 0) is 48.7 Å². The van der Waals surface area contributed by atoms with E-state index in [-0.39, 0.29) is 18.4 Å². The fourth-order valence-electron chi connectivity index (χ4n) is 3.56. The molecule has 3 rings (SSSR count). The summed E-state index contributed by atoms with van der Waals surface area (Å²) < 4.78 is 15.7. The molecule has 0 spiro atoms. The van der Waals surface area contributed by atoms with Crippen molar-refractivity contribution in [2.75, 3.05) is 33.2 Å². The summed E-state index contributed by atoms with van der Waals surface area (Å²) in [6.07, 6.45) is 0.703. The molecule has 7 nitrogen and oxygen atoms in total. The Morgan fingerprint density at radius 1 is 1.07 bits per heavy atom. The van der Waals surface area contributed by atoms with E-state index in [1.807, 2.05) is 43.3 Å². The van der Waals surface area contributed by atoms with Gasteiger partial charge in [0.1, 0.15) is 0 Å². The van der Waals surface area contributed by atoms with E-state index in [2.05, 4.69) is 5.32 Å². The third kappa shape index (κ3) is 4.45. The number of rotatable bonds is 5. The van der Waals surface area contributed by atoms with Gasteiger partial charge in [0.25, 0.3) is 0 Å². The van der Waals surface area contributed by atoms with Gasteiger partial charge < -0.3 is 24.4 Å². The summed E-state index contributed by atoms with van der Waals surface area (Å²) in [6.45, 7) is 2.46. The number of esters is 1. The van der Waals surface area contributed by atoms with Crippen molar-refractivity contribution in [1.29, 1.82) is 0 Å². The number of amides is 2. The maximum atomic E-state index is 13.0. The van der Waals surface area contributed by atoms with Crippen LogP contribution >= 0.6 is 0 Å². The Morgan fingerprint density at radius 2 is 1.72 bits per heavy atom. The first kappa shape index (κ1) is 20.5. The van der Waals surface area contributed by atoms with Crippen molar-refractivity contribution >= 4 is 17.7 Å². The van der Waals surface area contributed by atoms with E-state index >= 15 is 0 Å². The van der Waals surface area contributed by atoms with E-state index in [0.717, 1.165) is 16.7 Å². The fraction of sp³-hybridized carbons (Fsp3) is 0.364. The SMILES string of the molecule is COC(=O)C[C@@H]1c2cc(OC)c(OC)cc2CCN1C(=O)Nc1ccc(C)cc1. The van der Waals surface area contributed by atoms with Gasteiger partial charge in [0.2, 0.25) is 0 Å². The lowest BCUT2D eigenvalue weighted by Gasteiger charge is -2.37. The zero-order valence-electron chi connectivity index (χ0n) is 17.2. The van der Waals surface area contributed by atoms with E-state index in [9.17, 15) is 9.59 Å². The number of nitrogens with zero attached hydrogens (tertiary/aromatic N) is 1. The average Bonchev–Trinajstić information content (AvgIpc) is 2.74. The van der Waals surface area contributed by atoms with Gasteiger partial charge in [-0.3, -0.25) is 4.79 Å². The predicted octanol–water partition coefficient (Wildman–Crippen LogP) is 3.71. The molecular weight excluding hydrogens is 372 g/mol. The molecule has 2 aromatic rings. The highest BCUT2D eigenvalue weighted by Crippen LogP contribution is 2.39. The van der Waals surface area contributed by atoms with Crippen molar-refractivity contribution in [2.45, 2.75) is 25.8 Å². The number of urea groups is 1. The van der Waals surface area contributed by atoms with Crippen LogP contribution in [0.25, 0.3) is 0 Å². The molecule has 0 radical (unpaired) electrons. The number of carbonyl (C=O) groups is 2. The predicted molar refractivity (Wildman–Crippen MR) is 110 cm³/mol. The fourth-order valence-corrected chi connectivity index (χ4v) is 3.56. The van der Waals surface area contributed by atoms with Gasteiger partial charge in [-0.2, -0.15) is 0 Å². The van der Waals surface area contributed by atoms with Gasteiger partial charge in [-0.15, -0.1) is 0 Å². The van der Waals surface area contributed by atoms with Crippen LogP contribution in [0.3, 0.4) is 0 Å². The Kier molecular flexibility index (Phi) is 6.26. The van der Waals surface area contributed by atoms with Crippen molar-refractivity contribution in [3.63, 3.8) is 0 Å². The molecule has 1 atom stereocenters. The highest BCUT2D eigenvalue weighted by molar-refractivity contribution is 5.90. The van der Waals surface area contributed by atoms with Crippen molar-refractivity contribution in [1.82, 2.24) is 4.90 Å². The molecule has 2 amide bonds. The highest BCUT2D eigenvalue weighted by Gasteiger charge is 2.34. The minimum atomic E-state index is -0.462. The second-order valence-corrected chi connectivity index (χ2v) is 6.94. The van der Waals surface area contributed by atoms with Crippen LogP contribution in [0.1, 0.15) is 29.2 Å². The number of ether oxygens (including phenoxy) is 3. The molecule has 29 heavy (non-hydrogen) atoms. The van der Waals surface area contributed by atoms with Crippen molar-refractivity contribution in [2.24, 2.45) is 0 Å². The van der Waals surface area contributed by atoms with Crippen LogP contribution < -0.4 is 14.8 Å². The third-order valence-corrected chi connectivity index (χ3v) is 5.15. The van der Waals surface area contributed by atoms with Crippen LogP contribution in [0.5, 0.6) is 11.5 Å². The zero-order valence-corrected chi connectivity index (χ0v) is 17.2. The number of fused-ring (bicyclic) bond motifs is 1. The number of anilines is 1. The molecule has 0 aromatic heterocycles. The minimum absolute atomic E-state index is 0.0559. The van der Waals surface area contributed by atoms with E-state index < -0.39 is 6.04 Å². The lowest BCUT2D eigenvalue weighted by molar-refractivity contribution is -0.141. The van der Waals surface area contributed by atoms with Crippen LogP contribution in [0.15, 0.2) is 36.4 Å². The molecule has 2 aromatic carbocycles. The number of hydrogen-bond donors (Lipinski definition) is 1. The molecule has 1 aliphatic rings. The summed E-state index contributed by atoms with van der Waals surface area (Å²) >= 11 is 0. The molecule has 154 valence electrons. The summed E-state index contributed by atoms with van der Waals surface area (Å²) in [7, 11) is 4.49. The van der Waals surface area contributed by atoms with E-state index in [1.54, 1.807) is 19.1 Å². The summed E-state index contributed by atoms with van der Waals surface area (Å²) in [5.41, 5.74) is 3.70. The molecule has 0 aliphatic carbocycles. The average molecular weight is 398 g/mol. The Balaban J connectivity index is 1.93. The lowest BCUT2D eigenvalue weighted by Crippen LogP contribution is -2.43. The number of hydrogen-bond acceptors (Lipinski definition) is 5. The Bertz CT molecular complexity index is 895. The molecule has 1 aliphatic heterocycles. The van der Waals surface area contributed by atoms with E-state index in [1.165, 1.54) is 7.11 Å². The number of aryl methyl sites for hydroxylation is 1. The molecular formula is C22H26N2O5. The Hall–Kier alpha value is -3.22. The highest BCUT2D eigenvalue weighted by atomic mass is 16.5. The first-order valence-electron chi connectivity index (χ1n) is 9.42. The van der Waals surface area contributed by atoms with Gasteiger partial charge in [-0.25, -0.2) is 4.79 Å². The van der Waals surface area contributed by atoms with Gasteiger partial charge in [0, 0.05) is 12.2 Å². The van der Waals surface area contributed by atoms with Crippen molar-refractivity contribution in [3.05, 3.63) is 53.1 Å². The lowest BCUT2D eigenvalue weighted by atomic mass is 9.90. The van der Waals surface area contributed by atoms with Crippen LogP contribution in [0, 0.1) is 6.92 Å².